The summed E-state index contributed by atoms with van der Waals surface area (Å²) in [6.45, 7) is 6.69. The zero-order valence-corrected chi connectivity index (χ0v) is 17.8. The molecule has 1 saturated heterocycles. The van der Waals surface area contributed by atoms with Gasteiger partial charge in [-0.15, -0.1) is 0 Å². The van der Waals surface area contributed by atoms with Crippen molar-refractivity contribution in [1.82, 2.24) is 9.47 Å². The van der Waals surface area contributed by atoms with Gasteiger partial charge in [-0.1, -0.05) is 6.07 Å². The second kappa shape index (κ2) is 7.50. The molecule has 0 saturated carbocycles. The fourth-order valence-corrected chi connectivity index (χ4v) is 5.25. The normalized spacial score (nSPS) is 14.4. The average Bonchev–Trinajstić information content (AvgIpc) is 3.25. The van der Waals surface area contributed by atoms with Crippen molar-refractivity contribution in [3.8, 4) is 5.75 Å². The molecule has 0 bridgehead atoms. The Morgan fingerprint density at radius 3 is 2.36 bits per heavy atom. The van der Waals surface area contributed by atoms with E-state index >= 15 is 0 Å². The van der Waals surface area contributed by atoms with Crippen LogP contribution in [0.3, 0.4) is 0 Å². The molecule has 1 N–H and O–H groups in total. The van der Waals surface area contributed by atoms with E-state index in [0.29, 0.717) is 35.9 Å². The van der Waals surface area contributed by atoms with Crippen LogP contribution in [-0.2, 0) is 17.1 Å². The summed E-state index contributed by atoms with van der Waals surface area (Å²) in [4.78, 5) is 14.9. The van der Waals surface area contributed by atoms with Crippen LogP contribution in [0, 0.1) is 20.8 Å². The molecule has 1 aromatic carbocycles. The van der Waals surface area contributed by atoms with Gasteiger partial charge in [-0.25, -0.2) is 8.42 Å². The smallest absolute Gasteiger partial charge is 0.264 e. The SMILES string of the molecule is COc1ccc(C)cc1NS(=O)(=O)c1c(C(=O)N2CCCC2)c(C)n(C)c1C. The number of aryl methyl sites for hydroxylation is 1. The van der Waals surface area contributed by atoms with Gasteiger partial charge in [-0.3, -0.25) is 9.52 Å². The zero-order valence-electron chi connectivity index (χ0n) is 17.0. The summed E-state index contributed by atoms with van der Waals surface area (Å²) < 4.78 is 36.4. The first-order valence-electron chi connectivity index (χ1n) is 9.30. The molecule has 1 aliphatic heterocycles. The van der Waals surface area contributed by atoms with E-state index in [1.54, 1.807) is 42.5 Å². The van der Waals surface area contributed by atoms with Crippen LogP contribution in [0.4, 0.5) is 5.69 Å². The standard InChI is InChI=1S/C20H27N3O4S/c1-13-8-9-17(27-5)16(12-13)21-28(25,26)19-15(3)22(4)14(2)18(19)20(24)23-10-6-7-11-23/h8-9,12,21H,6-7,10-11H2,1-5H3. The number of nitrogens with one attached hydrogen (secondary N) is 1. The van der Waals surface area contributed by atoms with E-state index in [2.05, 4.69) is 4.72 Å². The van der Waals surface area contributed by atoms with Crippen LogP contribution in [0.5, 0.6) is 5.75 Å². The molecule has 1 aliphatic rings. The molecule has 28 heavy (non-hydrogen) atoms. The first kappa shape index (κ1) is 20.3. The predicted molar refractivity (Wildman–Crippen MR) is 109 cm³/mol. The number of carbonyl (C=O) groups excluding carboxylic acids is 1. The van der Waals surface area contributed by atoms with Gasteiger partial charge in [0.05, 0.1) is 18.4 Å². The van der Waals surface area contributed by atoms with Gasteiger partial charge in [0.2, 0.25) is 0 Å². The molecule has 2 heterocycles. The molecular weight excluding hydrogens is 378 g/mol. The van der Waals surface area contributed by atoms with Crippen LogP contribution in [0.1, 0.15) is 40.2 Å². The molecule has 152 valence electrons. The fraction of sp³-hybridized carbons (Fsp3) is 0.450. The van der Waals surface area contributed by atoms with Crippen molar-refractivity contribution in [2.75, 3.05) is 24.9 Å². The number of carbonyl (C=O) groups is 1. The summed E-state index contributed by atoms with van der Waals surface area (Å²) in [6.07, 6.45) is 1.88. The molecule has 8 heteroatoms. The number of sulfonamides is 1. The Morgan fingerprint density at radius 1 is 1.11 bits per heavy atom. The maximum atomic E-state index is 13.4. The van der Waals surface area contributed by atoms with E-state index in [1.165, 1.54) is 7.11 Å². The van der Waals surface area contributed by atoms with Gasteiger partial charge < -0.3 is 14.2 Å². The van der Waals surface area contributed by atoms with E-state index in [0.717, 1.165) is 18.4 Å². The molecule has 1 amide bonds. The van der Waals surface area contributed by atoms with Crippen LogP contribution in [0.2, 0.25) is 0 Å². The van der Waals surface area contributed by atoms with Crippen molar-refractivity contribution in [2.24, 2.45) is 7.05 Å². The number of hydrogen-bond acceptors (Lipinski definition) is 4. The number of ether oxygens (including phenoxy) is 1. The average molecular weight is 406 g/mol. The third-order valence-electron chi connectivity index (χ3n) is 5.40. The van der Waals surface area contributed by atoms with Crippen molar-refractivity contribution >= 4 is 21.6 Å². The Labute approximate surface area is 166 Å². The lowest BCUT2D eigenvalue weighted by molar-refractivity contribution is 0.0788. The second-order valence-corrected chi connectivity index (χ2v) is 8.86. The third kappa shape index (κ3) is 3.48. The summed E-state index contributed by atoms with van der Waals surface area (Å²) in [7, 11) is -0.734. The number of anilines is 1. The Morgan fingerprint density at radius 2 is 1.75 bits per heavy atom. The van der Waals surface area contributed by atoms with Crippen molar-refractivity contribution < 1.29 is 17.9 Å². The number of rotatable bonds is 5. The topological polar surface area (TPSA) is 80.6 Å². The molecule has 0 atom stereocenters. The van der Waals surface area contributed by atoms with Crippen molar-refractivity contribution in [3.05, 3.63) is 40.7 Å². The molecule has 0 spiro atoms. The van der Waals surface area contributed by atoms with Crippen LogP contribution >= 0.6 is 0 Å². The molecule has 1 fully saturated rings. The molecule has 3 rings (SSSR count). The molecular formula is C20H27N3O4S. The highest BCUT2D eigenvalue weighted by molar-refractivity contribution is 7.92. The Hall–Kier alpha value is -2.48. The Kier molecular flexibility index (Phi) is 5.43. The van der Waals surface area contributed by atoms with Crippen molar-refractivity contribution in [2.45, 2.75) is 38.5 Å². The minimum absolute atomic E-state index is 0.0351. The van der Waals surface area contributed by atoms with Gasteiger partial charge in [0.25, 0.3) is 15.9 Å². The lowest BCUT2D eigenvalue weighted by atomic mass is 10.2. The number of hydrogen-bond donors (Lipinski definition) is 1. The molecule has 1 aromatic heterocycles. The molecule has 0 aliphatic carbocycles. The molecule has 7 nitrogen and oxygen atoms in total. The van der Waals surface area contributed by atoms with Crippen LogP contribution in [-0.4, -0.2) is 44.0 Å². The van der Waals surface area contributed by atoms with Crippen LogP contribution in [0.15, 0.2) is 23.1 Å². The van der Waals surface area contributed by atoms with Crippen molar-refractivity contribution in [3.63, 3.8) is 0 Å². The predicted octanol–water partition coefficient (Wildman–Crippen LogP) is 3.00. The van der Waals surface area contributed by atoms with E-state index in [-0.39, 0.29) is 16.4 Å². The number of likely N-dealkylation sites (tertiary alicyclic amines) is 1. The highest BCUT2D eigenvalue weighted by atomic mass is 32.2. The number of benzene rings is 1. The molecule has 2 aromatic rings. The number of aromatic nitrogens is 1. The summed E-state index contributed by atoms with van der Waals surface area (Å²) in [5, 5.41) is 0. The number of amides is 1. The van der Waals surface area contributed by atoms with Gasteiger partial charge in [-0.2, -0.15) is 0 Å². The monoisotopic (exact) mass is 405 g/mol. The summed E-state index contributed by atoms with van der Waals surface area (Å²) in [5.74, 6) is 0.196. The quantitative estimate of drug-likeness (QED) is 0.829. The van der Waals surface area contributed by atoms with Crippen LogP contribution < -0.4 is 9.46 Å². The minimum atomic E-state index is -4.00. The van der Waals surface area contributed by atoms with E-state index in [1.807, 2.05) is 13.0 Å². The molecule has 0 unspecified atom stereocenters. The molecule has 0 radical (unpaired) electrons. The number of nitrogens with zero attached hydrogens (tertiary/aromatic N) is 2. The Bertz CT molecular complexity index is 1020. The largest absolute Gasteiger partial charge is 0.495 e. The maximum Gasteiger partial charge on any atom is 0.264 e. The zero-order chi connectivity index (χ0) is 20.6. The summed E-state index contributed by atoms with van der Waals surface area (Å²) in [5.41, 5.74) is 2.67. The highest BCUT2D eigenvalue weighted by Gasteiger charge is 2.34. The van der Waals surface area contributed by atoms with E-state index in [4.69, 9.17) is 4.74 Å². The van der Waals surface area contributed by atoms with Gasteiger partial charge in [-0.05, 0) is 51.3 Å². The number of methoxy groups -OCH3 is 1. The second-order valence-electron chi connectivity index (χ2n) is 7.24. The maximum absolute atomic E-state index is 13.4. The van der Waals surface area contributed by atoms with Gasteiger partial charge >= 0.3 is 0 Å². The van der Waals surface area contributed by atoms with Crippen molar-refractivity contribution in [1.29, 1.82) is 0 Å². The van der Waals surface area contributed by atoms with Gasteiger partial charge in [0, 0.05) is 31.5 Å². The lowest BCUT2D eigenvalue weighted by Gasteiger charge is -2.17. The lowest BCUT2D eigenvalue weighted by Crippen LogP contribution is -2.30. The van der Waals surface area contributed by atoms with Gasteiger partial charge in [0.1, 0.15) is 10.6 Å². The van der Waals surface area contributed by atoms with E-state index < -0.39 is 10.0 Å². The summed E-state index contributed by atoms with van der Waals surface area (Å²) >= 11 is 0. The minimum Gasteiger partial charge on any atom is -0.495 e. The van der Waals surface area contributed by atoms with E-state index in [9.17, 15) is 13.2 Å². The third-order valence-corrected chi connectivity index (χ3v) is 6.92. The highest BCUT2D eigenvalue weighted by Crippen LogP contribution is 2.33. The first-order valence-corrected chi connectivity index (χ1v) is 10.8. The fourth-order valence-electron chi connectivity index (χ4n) is 3.67. The summed E-state index contributed by atoms with van der Waals surface area (Å²) in [6, 6.07) is 5.27. The Balaban J connectivity index is 2.11. The van der Waals surface area contributed by atoms with Gasteiger partial charge in [0.15, 0.2) is 0 Å². The van der Waals surface area contributed by atoms with Crippen LogP contribution in [0.25, 0.3) is 0 Å². The first-order chi connectivity index (χ1) is 13.2.